The molecule has 98 valence electrons. The number of nitrogens with one attached hydrogen (secondary N) is 1. The van der Waals surface area contributed by atoms with E-state index in [1.54, 1.807) is 0 Å². The summed E-state index contributed by atoms with van der Waals surface area (Å²) in [5.41, 5.74) is 7.10. The zero-order valence-electron chi connectivity index (χ0n) is 9.67. The second-order valence-electron chi connectivity index (χ2n) is 3.87. The van der Waals surface area contributed by atoms with E-state index in [2.05, 4.69) is 17.4 Å². The highest BCUT2D eigenvalue weighted by Crippen LogP contribution is 2.21. The largest absolute Gasteiger partial charge is 0.375 e. The Morgan fingerprint density at radius 2 is 2.00 bits per heavy atom. The van der Waals surface area contributed by atoms with E-state index in [0.29, 0.717) is 12.5 Å². The lowest BCUT2D eigenvalue weighted by Gasteiger charge is -2.30. The first-order valence-corrected chi connectivity index (χ1v) is 5.49. The molecule has 1 aliphatic heterocycles. The Bertz CT molecular complexity index is 292. The van der Waals surface area contributed by atoms with Crippen molar-refractivity contribution < 1.29 is 4.74 Å². The van der Waals surface area contributed by atoms with E-state index in [0.717, 1.165) is 19.7 Å². The van der Waals surface area contributed by atoms with E-state index in [9.17, 15) is 0 Å². The standard InChI is InChI=1S/C12H18N2O.2ClH/c13-8-11(10-4-2-1-3-5-10)12-9-14-6-7-15-12;;/h1-5,11-12,14H,6-9,13H2;2*1H. The van der Waals surface area contributed by atoms with E-state index in [4.69, 9.17) is 10.5 Å². The quantitative estimate of drug-likeness (QED) is 0.882. The van der Waals surface area contributed by atoms with E-state index in [-0.39, 0.29) is 30.9 Å². The van der Waals surface area contributed by atoms with Gasteiger partial charge in [-0.1, -0.05) is 30.3 Å². The van der Waals surface area contributed by atoms with Crippen LogP contribution in [0.5, 0.6) is 0 Å². The topological polar surface area (TPSA) is 47.3 Å². The fourth-order valence-corrected chi connectivity index (χ4v) is 2.05. The lowest BCUT2D eigenvalue weighted by Crippen LogP contribution is -2.43. The Morgan fingerprint density at radius 3 is 2.53 bits per heavy atom. The van der Waals surface area contributed by atoms with Gasteiger partial charge < -0.3 is 15.8 Å². The molecule has 1 heterocycles. The minimum atomic E-state index is 0. The first kappa shape index (κ1) is 16.7. The number of hydrogen-bond donors (Lipinski definition) is 2. The second-order valence-corrected chi connectivity index (χ2v) is 3.87. The number of hydrogen-bond acceptors (Lipinski definition) is 3. The zero-order chi connectivity index (χ0) is 10.5. The fourth-order valence-electron chi connectivity index (χ4n) is 2.05. The Labute approximate surface area is 115 Å². The first-order chi connectivity index (χ1) is 7.42. The predicted octanol–water partition coefficient (Wildman–Crippen LogP) is 1.56. The summed E-state index contributed by atoms with van der Waals surface area (Å²) in [6, 6.07) is 10.4. The third-order valence-corrected chi connectivity index (χ3v) is 2.89. The first-order valence-electron chi connectivity index (χ1n) is 5.49. The molecule has 0 bridgehead atoms. The van der Waals surface area contributed by atoms with Gasteiger partial charge in [-0.3, -0.25) is 0 Å². The lowest BCUT2D eigenvalue weighted by atomic mass is 9.93. The van der Waals surface area contributed by atoms with Crippen LogP contribution in [-0.2, 0) is 4.74 Å². The van der Waals surface area contributed by atoms with Gasteiger partial charge in [0.1, 0.15) is 0 Å². The van der Waals surface area contributed by atoms with Crippen LogP contribution in [0.25, 0.3) is 0 Å². The van der Waals surface area contributed by atoms with Gasteiger partial charge >= 0.3 is 0 Å². The van der Waals surface area contributed by atoms with Crippen molar-refractivity contribution in [3.8, 4) is 0 Å². The van der Waals surface area contributed by atoms with E-state index >= 15 is 0 Å². The van der Waals surface area contributed by atoms with Gasteiger partial charge in [-0.05, 0) is 5.56 Å². The molecule has 1 fully saturated rings. The van der Waals surface area contributed by atoms with Gasteiger partial charge in [-0.2, -0.15) is 0 Å². The number of rotatable bonds is 3. The van der Waals surface area contributed by atoms with Gasteiger partial charge in [0, 0.05) is 25.6 Å². The van der Waals surface area contributed by atoms with Gasteiger partial charge in [0.25, 0.3) is 0 Å². The summed E-state index contributed by atoms with van der Waals surface area (Å²) in [4.78, 5) is 0. The van der Waals surface area contributed by atoms with Crippen molar-refractivity contribution in [3.05, 3.63) is 35.9 Å². The molecule has 1 aromatic rings. The maximum atomic E-state index is 5.83. The van der Waals surface area contributed by atoms with Crippen LogP contribution >= 0.6 is 24.8 Å². The van der Waals surface area contributed by atoms with E-state index in [1.807, 2.05) is 18.2 Å². The molecule has 0 radical (unpaired) electrons. The molecule has 2 rings (SSSR count). The van der Waals surface area contributed by atoms with Crippen LogP contribution in [0.15, 0.2) is 30.3 Å². The monoisotopic (exact) mass is 278 g/mol. The molecule has 3 N–H and O–H groups in total. The molecule has 17 heavy (non-hydrogen) atoms. The molecule has 1 aliphatic rings. The molecule has 0 saturated carbocycles. The van der Waals surface area contributed by atoms with Gasteiger partial charge in [0.2, 0.25) is 0 Å². The van der Waals surface area contributed by atoms with Crippen LogP contribution in [0.2, 0.25) is 0 Å². The number of benzene rings is 1. The normalized spacial score (nSPS) is 20.9. The fraction of sp³-hybridized carbons (Fsp3) is 0.500. The van der Waals surface area contributed by atoms with Crippen LogP contribution < -0.4 is 11.1 Å². The maximum Gasteiger partial charge on any atom is 0.0780 e. The summed E-state index contributed by atoms with van der Waals surface area (Å²) in [5, 5.41) is 3.34. The molecule has 1 saturated heterocycles. The van der Waals surface area contributed by atoms with Gasteiger partial charge in [0.15, 0.2) is 0 Å². The van der Waals surface area contributed by atoms with Crippen molar-refractivity contribution >= 4 is 24.8 Å². The molecule has 3 nitrogen and oxygen atoms in total. The predicted molar refractivity (Wildman–Crippen MR) is 75.3 cm³/mol. The van der Waals surface area contributed by atoms with Crippen molar-refractivity contribution in [2.24, 2.45) is 5.73 Å². The smallest absolute Gasteiger partial charge is 0.0780 e. The number of nitrogens with two attached hydrogens (primary N) is 1. The molecular formula is C12H20Cl2N2O. The third kappa shape index (κ3) is 4.45. The Kier molecular flexibility index (Phi) is 8.56. The highest BCUT2D eigenvalue weighted by atomic mass is 35.5. The number of halogens is 2. The van der Waals surface area contributed by atoms with Crippen LogP contribution in [0.4, 0.5) is 0 Å². The summed E-state index contributed by atoms with van der Waals surface area (Å²) in [6.07, 6.45) is 0.214. The molecule has 0 aromatic heterocycles. The SMILES string of the molecule is Cl.Cl.NCC(c1ccccc1)C1CNCCO1. The molecular weight excluding hydrogens is 259 g/mol. The summed E-state index contributed by atoms with van der Waals surface area (Å²) in [5.74, 6) is 0.305. The Balaban J connectivity index is 0.00000128. The maximum absolute atomic E-state index is 5.83. The van der Waals surface area contributed by atoms with Gasteiger partial charge in [-0.25, -0.2) is 0 Å². The summed E-state index contributed by atoms with van der Waals surface area (Å²) in [6.45, 7) is 3.27. The molecule has 5 heteroatoms. The van der Waals surface area contributed by atoms with Gasteiger partial charge in [-0.15, -0.1) is 24.8 Å². The third-order valence-electron chi connectivity index (χ3n) is 2.89. The Morgan fingerprint density at radius 1 is 1.29 bits per heavy atom. The van der Waals surface area contributed by atoms with Crippen molar-refractivity contribution in [2.75, 3.05) is 26.2 Å². The average Bonchev–Trinajstić information content (AvgIpc) is 2.33. The highest BCUT2D eigenvalue weighted by Gasteiger charge is 2.24. The van der Waals surface area contributed by atoms with Crippen molar-refractivity contribution in [3.63, 3.8) is 0 Å². The lowest BCUT2D eigenvalue weighted by molar-refractivity contribution is 0.0128. The molecule has 0 aliphatic carbocycles. The highest BCUT2D eigenvalue weighted by molar-refractivity contribution is 5.85. The average molecular weight is 279 g/mol. The van der Waals surface area contributed by atoms with Crippen molar-refractivity contribution in [2.45, 2.75) is 12.0 Å². The summed E-state index contributed by atoms with van der Waals surface area (Å²) in [7, 11) is 0. The zero-order valence-corrected chi connectivity index (χ0v) is 11.3. The van der Waals surface area contributed by atoms with Crippen molar-refractivity contribution in [1.29, 1.82) is 0 Å². The summed E-state index contributed by atoms with van der Waals surface area (Å²) >= 11 is 0. The minimum absolute atomic E-state index is 0. The molecule has 0 amide bonds. The van der Waals surface area contributed by atoms with E-state index < -0.39 is 0 Å². The number of morpholine rings is 1. The molecule has 2 atom stereocenters. The van der Waals surface area contributed by atoms with Crippen molar-refractivity contribution in [1.82, 2.24) is 5.32 Å². The van der Waals surface area contributed by atoms with Crippen LogP contribution in [0.3, 0.4) is 0 Å². The van der Waals surface area contributed by atoms with E-state index in [1.165, 1.54) is 5.56 Å². The molecule has 2 unspecified atom stereocenters. The van der Waals surface area contributed by atoms with Gasteiger partial charge in [0.05, 0.1) is 12.7 Å². The van der Waals surface area contributed by atoms with Crippen LogP contribution in [0, 0.1) is 0 Å². The Hall–Kier alpha value is -0.320. The molecule has 0 spiro atoms. The number of ether oxygens (including phenoxy) is 1. The minimum Gasteiger partial charge on any atom is -0.375 e. The summed E-state index contributed by atoms with van der Waals surface area (Å²) < 4.78 is 5.74. The van der Waals surface area contributed by atoms with Crippen LogP contribution in [0.1, 0.15) is 11.5 Å². The van der Waals surface area contributed by atoms with Crippen LogP contribution in [-0.4, -0.2) is 32.3 Å². The second kappa shape index (κ2) is 8.72. The molecule has 1 aromatic carbocycles.